The van der Waals surface area contributed by atoms with E-state index in [9.17, 15) is 0 Å². The highest BCUT2D eigenvalue weighted by atomic mass is 35.5. The molecule has 0 aliphatic carbocycles. The zero-order chi connectivity index (χ0) is 16.0. The standard InChI is InChI=1S/C18H31ClN2/c1-13(2)10-15(5)21(6)18-16(8-7-9-17(18)19)12-20-11-14(3)4/h7-9,13-15,20H,10-12H2,1-6H3. The highest BCUT2D eigenvalue weighted by molar-refractivity contribution is 6.33. The van der Waals surface area contributed by atoms with Gasteiger partial charge in [0.05, 0.1) is 10.7 Å². The van der Waals surface area contributed by atoms with Gasteiger partial charge in [0.2, 0.25) is 0 Å². The first-order valence-corrected chi connectivity index (χ1v) is 8.41. The third-order valence-corrected chi connectivity index (χ3v) is 4.07. The first-order valence-electron chi connectivity index (χ1n) is 8.03. The van der Waals surface area contributed by atoms with Crippen molar-refractivity contribution in [3.05, 3.63) is 28.8 Å². The highest BCUT2D eigenvalue weighted by Gasteiger charge is 2.17. The van der Waals surface area contributed by atoms with E-state index in [1.54, 1.807) is 0 Å². The summed E-state index contributed by atoms with van der Waals surface area (Å²) in [6.45, 7) is 13.1. The van der Waals surface area contributed by atoms with Gasteiger partial charge in [-0.1, -0.05) is 51.4 Å². The quantitative estimate of drug-likeness (QED) is 0.730. The third kappa shape index (κ3) is 5.88. The summed E-state index contributed by atoms with van der Waals surface area (Å²) < 4.78 is 0. The number of anilines is 1. The van der Waals surface area contributed by atoms with Crippen molar-refractivity contribution >= 4 is 17.3 Å². The fourth-order valence-electron chi connectivity index (χ4n) is 2.65. The summed E-state index contributed by atoms with van der Waals surface area (Å²) in [5, 5.41) is 4.36. The second-order valence-electron chi connectivity index (χ2n) is 6.86. The number of nitrogens with one attached hydrogen (secondary N) is 1. The molecule has 0 heterocycles. The molecule has 3 heteroatoms. The van der Waals surface area contributed by atoms with Crippen LogP contribution in [0.15, 0.2) is 18.2 Å². The highest BCUT2D eigenvalue weighted by Crippen LogP contribution is 2.31. The molecule has 1 aromatic rings. The molecular weight excluding hydrogens is 280 g/mol. The van der Waals surface area contributed by atoms with Crippen molar-refractivity contribution in [1.29, 1.82) is 0 Å². The summed E-state index contributed by atoms with van der Waals surface area (Å²) in [7, 11) is 2.15. The lowest BCUT2D eigenvalue weighted by atomic mass is 10.0. The molecule has 0 saturated heterocycles. The van der Waals surface area contributed by atoms with Gasteiger partial charge in [-0.05, 0) is 43.4 Å². The van der Waals surface area contributed by atoms with Crippen LogP contribution >= 0.6 is 11.6 Å². The van der Waals surface area contributed by atoms with Crippen LogP contribution in [0.1, 0.15) is 46.6 Å². The number of nitrogens with zero attached hydrogens (tertiary/aromatic N) is 1. The van der Waals surface area contributed by atoms with E-state index in [2.05, 4.69) is 57.9 Å². The van der Waals surface area contributed by atoms with E-state index in [1.165, 1.54) is 17.7 Å². The van der Waals surface area contributed by atoms with Gasteiger partial charge < -0.3 is 10.2 Å². The summed E-state index contributed by atoms with van der Waals surface area (Å²) in [4.78, 5) is 2.33. The molecule has 1 atom stereocenters. The Morgan fingerprint density at radius 3 is 2.33 bits per heavy atom. The van der Waals surface area contributed by atoms with Crippen molar-refractivity contribution in [2.24, 2.45) is 11.8 Å². The van der Waals surface area contributed by atoms with E-state index in [4.69, 9.17) is 11.6 Å². The molecule has 0 bridgehead atoms. The lowest BCUT2D eigenvalue weighted by molar-refractivity contribution is 0.502. The first kappa shape index (κ1) is 18.3. The number of rotatable bonds is 8. The molecule has 0 fully saturated rings. The lowest BCUT2D eigenvalue weighted by Crippen LogP contribution is -2.32. The largest absolute Gasteiger partial charge is 0.370 e. The minimum atomic E-state index is 0.480. The van der Waals surface area contributed by atoms with Crippen molar-refractivity contribution in [2.75, 3.05) is 18.5 Å². The van der Waals surface area contributed by atoms with Crippen LogP contribution < -0.4 is 10.2 Å². The third-order valence-electron chi connectivity index (χ3n) is 3.76. The van der Waals surface area contributed by atoms with Gasteiger partial charge in [0.25, 0.3) is 0 Å². The van der Waals surface area contributed by atoms with E-state index in [-0.39, 0.29) is 0 Å². The van der Waals surface area contributed by atoms with Crippen LogP contribution in [0.4, 0.5) is 5.69 Å². The van der Waals surface area contributed by atoms with Crippen LogP contribution in [0.5, 0.6) is 0 Å². The predicted octanol–water partition coefficient (Wildman–Crippen LogP) is 4.96. The Labute approximate surface area is 135 Å². The fraction of sp³-hybridized carbons (Fsp3) is 0.667. The van der Waals surface area contributed by atoms with Crippen LogP contribution in [0.25, 0.3) is 0 Å². The molecule has 2 nitrogen and oxygen atoms in total. The SMILES string of the molecule is CC(C)CNCc1cccc(Cl)c1N(C)C(C)CC(C)C. The lowest BCUT2D eigenvalue weighted by Gasteiger charge is -2.31. The van der Waals surface area contributed by atoms with Crippen LogP contribution in [0.2, 0.25) is 5.02 Å². The van der Waals surface area contributed by atoms with Crippen molar-refractivity contribution in [3.63, 3.8) is 0 Å². The van der Waals surface area contributed by atoms with Crippen LogP contribution in [0, 0.1) is 11.8 Å². The second kappa shape index (κ2) is 8.65. The van der Waals surface area contributed by atoms with E-state index in [0.717, 1.165) is 18.1 Å². The second-order valence-corrected chi connectivity index (χ2v) is 7.27. The summed E-state index contributed by atoms with van der Waals surface area (Å²) in [5.74, 6) is 1.35. The Balaban J connectivity index is 2.88. The molecule has 120 valence electrons. The summed E-state index contributed by atoms with van der Waals surface area (Å²) in [6.07, 6.45) is 1.17. The first-order chi connectivity index (χ1) is 9.82. The molecule has 0 spiro atoms. The zero-order valence-electron chi connectivity index (χ0n) is 14.4. The normalized spacial score (nSPS) is 13.0. The van der Waals surface area contributed by atoms with Crippen LogP contribution in [0.3, 0.4) is 0 Å². The van der Waals surface area contributed by atoms with Crippen molar-refractivity contribution < 1.29 is 0 Å². The molecule has 1 aromatic carbocycles. The van der Waals surface area contributed by atoms with Crippen molar-refractivity contribution in [1.82, 2.24) is 5.32 Å². The van der Waals surface area contributed by atoms with Gasteiger partial charge in [-0.25, -0.2) is 0 Å². The van der Waals surface area contributed by atoms with Gasteiger partial charge in [0.1, 0.15) is 0 Å². The number of para-hydroxylation sites is 1. The topological polar surface area (TPSA) is 15.3 Å². The molecule has 0 aromatic heterocycles. The Morgan fingerprint density at radius 2 is 1.76 bits per heavy atom. The average molecular weight is 311 g/mol. The van der Waals surface area contributed by atoms with Gasteiger partial charge in [0, 0.05) is 19.6 Å². The molecule has 1 N–H and O–H groups in total. The van der Waals surface area contributed by atoms with Gasteiger partial charge in [0.15, 0.2) is 0 Å². The molecule has 0 amide bonds. The van der Waals surface area contributed by atoms with E-state index in [1.807, 2.05) is 12.1 Å². The van der Waals surface area contributed by atoms with Crippen LogP contribution in [-0.2, 0) is 6.54 Å². The molecule has 1 rings (SSSR count). The van der Waals surface area contributed by atoms with Crippen LogP contribution in [-0.4, -0.2) is 19.6 Å². The maximum Gasteiger partial charge on any atom is 0.0642 e. The predicted molar refractivity (Wildman–Crippen MR) is 95.3 cm³/mol. The minimum absolute atomic E-state index is 0.480. The maximum atomic E-state index is 6.48. The van der Waals surface area contributed by atoms with Crippen molar-refractivity contribution in [3.8, 4) is 0 Å². The molecule has 0 aliphatic rings. The molecule has 0 radical (unpaired) electrons. The number of hydrogen-bond acceptors (Lipinski definition) is 2. The zero-order valence-corrected chi connectivity index (χ0v) is 15.2. The van der Waals surface area contributed by atoms with Gasteiger partial charge in [-0.15, -0.1) is 0 Å². The fourth-order valence-corrected chi connectivity index (χ4v) is 2.98. The Kier molecular flexibility index (Phi) is 7.55. The van der Waals surface area contributed by atoms with E-state index < -0.39 is 0 Å². The molecule has 0 saturated carbocycles. The van der Waals surface area contributed by atoms with Crippen molar-refractivity contribution in [2.45, 2.75) is 53.6 Å². The molecule has 1 unspecified atom stereocenters. The van der Waals surface area contributed by atoms with E-state index in [0.29, 0.717) is 17.9 Å². The molecule has 21 heavy (non-hydrogen) atoms. The molecular formula is C18H31ClN2. The number of benzene rings is 1. The minimum Gasteiger partial charge on any atom is -0.370 e. The summed E-state index contributed by atoms with van der Waals surface area (Å²) in [5.41, 5.74) is 2.45. The Bertz CT molecular complexity index is 429. The van der Waals surface area contributed by atoms with Gasteiger partial charge in [-0.2, -0.15) is 0 Å². The Morgan fingerprint density at radius 1 is 1.10 bits per heavy atom. The maximum absolute atomic E-state index is 6.48. The smallest absolute Gasteiger partial charge is 0.0642 e. The Hall–Kier alpha value is -0.730. The monoisotopic (exact) mass is 310 g/mol. The van der Waals surface area contributed by atoms with E-state index >= 15 is 0 Å². The molecule has 0 aliphatic heterocycles. The number of hydrogen-bond donors (Lipinski definition) is 1. The van der Waals surface area contributed by atoms with Gasteiger partial charge >= 0.3 is 0 Å². The average Bonchev–Trinajstić information content (AvgIpc) is 2.37. The summed E-state index contributed by atoms with van der Waals surface area (Å²) >= 11 is 6.48. The van der Waals surface area contributed by atoms with Gasteiger partial charge in [-0.3, -0.25) is 0 Å². The summed E-state index contributed by atoms with van der Waals surface area (Å²) in [6, 6.07) is 6.68. The number of halogens is 1.